The molecule has 36 heavy (non-hydrogen) atoms. The second-order valence-electron chi connectivity index (χ2n) is 10.1. The Kier molecular flexibility index (Phi) is 5.74. The Hall–Kier alpha value is -3.87. The van der Waals surface area contributed by atoms with Crippen LogP contribution in [0.3, 0.4) is 0 Å². The highest BCUT2D eigenvalue weighted by Crippen LogP contribution is 2.46. The van der Waals surface area contributed by atoms with Crippen molar-refractivity contribution in [3.63, 3.8) is 0 Å². The fourth-order valence-electron chi connectivity index (χ4n) is 4.96. The predicted molar refractivity (Wildman–Crippen MR) is 133 cm³/mol. The van der Waals surface area contributed by atoms with Gasteiger partial charge in [-0.05, 0) is 47.7 Å². The van der Waals surface area contributed by atoms with Gasteiger partial charge in [0.15, 0.2) is 11.6 Å². The molecular weight excluding hydrogens is 465 g/mol. The number of carbonyl (C=O) groups excluding carboxylic acids is 2. The van der Waals surface area contributed by atoms with E-state index in [0.717, 1.165) is 17.8 Å². The van der Waals surface area contributed by atoms with Crippen LogP contribution in [-0.2, 0) is 11.0 Å². The lowest BCUT2D eigenvalue weighted by molar-refractivity contribution is -0.137. The summed E-state index contributed by atoms with van der Waals surface area (Å²) < 4.78 is 39.4. The van der Waals surface area contributed by atoms with E-state index in [1.54, 1.807) is 42.5 Å². The Bertz CT molecular complexity index is 1370. The Morgan fingerprint density at radius 1 is 0.889 bits per heavy atom. The molecule has 0 saturated carbocycles. The molecule has 184 valence electrons. The van der Waals surface area contributed by atoms with Gasteiger partial charge < -0.3 is 10.6 Å². The highest BCUT2D eigenvalue weighted by molar-refractivity contribution is 6.10. The topological polar surface area (TPSA) is 58.2 Å². The van der Waals surface area contributed by atoms with Crippen molar-refractivity contribution >= 4 is 22.9 Å². The van der Waals surface area contributed by atoms with E-state index in [0.29, 0.717) is 46.5 Å². The molecule has 3 aromatic carbocycles. The van der Waals surface area contributed by atoms with Crippen molar-refractivity contribution in [2.75, 3.05) is 10.6 Å². The average molecular weight is 491 g/mol. The molecule has 0 saturated heterocycles. The van der Waals surface area contributed by atoms with Crippen LogP contribution in [0.15, 0.2) is 84.1 Å². The van der Waals surface area contributed by atoms with Crippen LogP contribution in [0.1, 0.15) is 59.8 Å². The molecule has 0 bridgehead atoms. The Balaban J connectivity index is 1.59. The maximum atomic E-state index is 13.3. The van der Waals surface area contributed by atoms with Gasteiger partial charge in [-0.1, -0.05) is 56.3 Å². The van der Waals surface area contributed by atoms with Gasteiger partial charge in [0.1, 0.15) is 0 Å². The zero-order chi connectivity index (χ0) is 25.7. The zero-order valence-corrected chi connectivity index (χ0v) is 19.9. The van der Waals surface area contributed by atoms with E-state index in [4.69, 9.17) is 0 Å². The number of rotatable bonds is 3. The van der Waals surface area contributed by atoms with Crippen LogP contribution in [-0.4, -0.2) is 11.6 Å². The number of benzene rings is 3. The minimum absolute atomic E-state index is 0.0560. The van der Waals surface area contributed by atoms with Gasteiger partial charge in [-0.3, -0.25) is 9.59 Å². The van der Waals surface area contributed by atoms with Crippen LogP contribution in [0.4, 0.5) is 24.5 Å². The first kappa shape index (κ1) is 23.9. The molecule has 0 unspecified atom stereocenters. The van der Waals surface area contributed by atoms with Gasteiger partial charge >= 0.3 is 6.18 Å². The Labute approximate surface area is 207 Å². The molecule has 1 heterocycles. The molecule has 3 aromatic rings. The van der Waals surface area contributed by atoms with Crippen molar-refractivity contribution in [3.05, 3.63) is 106 Å². The van der Waals surface area contributed by atoms with E-state index in [1.165, 1.54) is 12.1 Å². The normalized spacial score (nSPS) is 18.9. The summed E-state index contributed by atoms with van der Waals surface area (Å²) in [6.45, 7) is 4.02. The zero-order valence-electron chi connectivity index (χ0n) is 19.9. The smallest absolute Gasteiger partial charge is 0.372 e. The van der Waals surface area contributed by atoms with E-state index in [9.17, 15) is 22.8 Å². The van der Waals surface area contributed by atoms with E-state index < -0.39 is 17.8 Å². The number of ketones is 2. The summed E-state index contributed by atoms with van der Waals surface area (Å²) in [6.07, 6.45) is -3.52. The van der Waals surface area contributed by atoms with Crippen molar-refractivity contribution in [1.82, 2.24) is 0 Å². The number of anilines is 2. The molecule has 2 N–H and O–H groups in total. The number of alkyl halides is 3. The molecule has 4 nitrogen and oxygen atoms in total. The van der Waals surface area contributed by atoms with Crippen molar-refractivity contribution in [3.8, 4) is 0 Å². The SMILES string of the molecule is CC1(C)CC(=O)C2=C(C1)Nc1cc(C(=O)c3ccccc3)ccc1N[C@@H]2c1ccc(C(F)(F)F)cc1. The second kappa shape index (κ2) is 8.66. The number of allylic oxidation sites excluding steroid dienone is 1. The van der Waals surface area contributed by atoms with Gasteiger partial charge in [0.2, 0.25) is 0 Å². The first-order valence-electron chi connectivity index (χ1n) is 11.7. The number of nitrogens with one attached hydrogen (secondary N) is 2. The van der Waals surface area contributed by atoms with Crippen LogP contribution in [0, 0.1) is 5.41 Å². The van der Waals surface area contributed by atoms with Gasteiger partial charge in [-0.2, -0.15) is 13.2 Å². The molecule has 1 aliphatic heterocycles. The highest BCUT2D eigenvalue weighted by Gasteiger charge is 2.39. The molecule has 0 radical (unpaired) electrons. The van der Waals surface area contributed by atoms with Gasteiger partial charge in [0, 0.05) is 28.8 Å². The van der Waals surface area contributed by atoms with Crippen molar-refractivity contribution in [1.29, 1.82) is 0 Å². The van der Waals surface area contributed by atoms with E-state index >= 15 is 0 Å². The maximum absolute atomic E-state index is 13.3. The molecule has 0 spiro atoms. The molecular formula is C29H25F3N2O2. The lowest BCUT2D eigenvalue weighted by Gasteiger charge is -2.34. The minimum Gasteiger partial charge on any atom is -0.372 e. The number of hydrogen-bond acceptors (Lipinski definition) is 4. The fraction of sp³-hybridized carbons (Fsp3) is 0.241. The van der Waals surface area contributed by atoms with Crippen molar-refractivity contribution < 1.29 is 22.8 Å². The number of Topliss-reactive ketones (excluding diaryl/α,β-unsaturated/α-hetero) is 1. The van der Waals surface area contributed by atoms with Crippen LogP contribution >= 0.6 is 0 Å². The number of carbonyl (C=O) groups is 2. The first-order valence-corrected chi connectivity index (χ1v) is 11.7. The third-order valence-electron chi connectivity index (χ3n) is 6.68. The fourth-order valence-corrected chi connectivity index (χ4v) is 4.96. The quantitative estimate of drug-likeness (QED) is 0.383. The molecule has 1 aliphatic carbocycles. The summed E-state index contributed by atoms with van der Waals surface area (Å²) in [6, 6.07) is 18.5. The third-order valence-corrected chi connectivity index (χ3v) is 6.68. The molecule has 0 aromatic heterocycles. The number of hydrogen-bond donors (Lipinski definition) is 2. The van der Waals surface area contributed by atoms with Crippen molar-refractivity contribution in [2.45, 2.75) is 38.9 Å². The van der Waals surface area contributed by atoms with Crippen LogP contribution in [0.2, 0.25) is 0 Å². The van der Waals surface area contributed by atoms with Crippen LogP contribution in [0.5, 0.6) is 0 Å². The second-order valence-corrected chi connectivity index (χ2v) is 10.1. The maximum Gasteiger partial charge on any atom is 0.416 e. The van der Waals surface area contributed by atoms with Gasteiger partial charge in [-0.25, -0.2) is 0 Å². The van der Waals surface area contributed by atoms with E-state index in [-0.39, 0.29) is 17.0 Å². The minimum atomic E-state index is -4.44. The lowest BCUT2D eigenvalue weighted by atomic mass is 9.73. The molecule has 2 aliphatic rings. The Morgan fingerprint density at radius 3 is 2.25 bits per heavy atom. The number of fused-ring (bicyclic) bond motifs is 1. The van der Waals surface area contributed by atoms with Crippen LogP contribution in [0.25, 0.3) is 0 Å². The van der Waals surface area contributed by atoms with Gasteiger partial charge in [0.25, 0.3) is 0 Å². The third kappa shape index (κ3) is 4.53. The number of halogens is 3. The lowest BCUT2D eigenvalue weighted by Crippen LogP contribution is -2.31. The monoisotopic (exact) mass is 490 g/mol. The Morgan fingerprint density at radius 2 is 1.58 bits per heavy atom. The van der Waals surface area contributed by atoms with Gasteiger partial charge in [0.05, 0.1) is 23.0 Å². The largest absolute Gasteiger partial charge is 0.416 e. The summed E-state index contributed by atoms with van der Waals surface area (Å²) in [7, 11) is 0. The highest BCUT2D eigenvalue weighted by atomic mass is 19.4. The molecule has 7 heteroatoms. The predicted octanol–water partition coefficient (Wildman–Crippen LogP) is 7.16. The summed E-state index contributed by atoms with van der Waals surface area (Å²) in [5, 5.41) is 6.76. The van der Waals surface area contributed by atoms with E-state index in [1.807, 2.05) is 19.9 Å². The summed E-state index contributed by atoms with van der Waals surface area (Å²) >= 11 is 0. The molecule has 1 atom stereocenters. The molecule has 0 amide bonds. The first-order chi connectivity index (χ1) is 17.0. The average Bonchev–Trinajstić information content (AvgIpc) is 2.99. The summed E-state index contributed by atoms with van der Waals surface area (Å²) in [5.74, 6) is -0.183. The molecule has 5 rings (SSSR count). The summed E-state index contributed by atoms with van der Waals surface area (Å²) in [4.78, 5) is 26.4. The standard InChI is InChI=1S/C29H25F3N2O2/c1-28(2)15-23-25(24(35)16-28)26(17-8-11-20(12-9-17)29(30,31)32)34-21-13-10-19(14-22(21)33-23)27(36)18-6-4-3-5-7-18/h3-14,26,33-34H,15-16H2,1-2H3/t26-/m1/s1. The van der Waals surface area contributed by atoms with Crippen molar-refractivity contribution in [2.24, 2.45) is 5.41 Å². The van der Waals surface area contributed by atoms with Crippen LogP contribution < -0.4 is 10.6 Å². The van der Waals surface area contributed by atoms with Gasteiger partial charge in [-0.15, -0.1) is 0 Å². The summed E-state index contributed by atoms with van der Waals surface area (Å²) in [5.41, 5.74) is 3.12. The van der Waals surface area contributed by atoms with E-state index in [2.05, 4.69) is 10.6 Å². The molecule has 0 fully saturated rings.